The summed E-state index contributed by atoms with van der Waals surface area (Å²) in [6.45, 7) is 0.437. The van der Waals surface area contributed by atoms with Crippen LogP contribution in [0.1, 0.15) is 42.7 Å². The van der Waals surface area contributed by atoms with Gasteiger partial charge in [-0.05, 0) is 49.3 Å². The number of benzene rings is 1. The highest BCUT2D eigenvalue weighted by atomic mass is 19.4. The summed E-state index contributed by atoms with van der Waals surface area (Å²) < 4.78 is 37.8. The fraction of sp³-hybridized carbons (Fsp3) is 0.529. The number of halogens is 3. The normalized spacial score (nSPS) is 27.0. The van der Waals surface area contributed by atoms with Gasteiger partial charge in [0.25, 0.3) is 0 Å². The monoisotopic (exact) mass is 341 g/mol. The second kappa shape index (κ2) is 6.11. The third kappa shape index (κ3) is 3.25. The van der Waals surface area contributed by atoms with Crippen molar-refractivity contribution in [2.24, 2.45) is 5.92 Å². The van der Waals surface area contributed by atoms with E-state index in [1.807, 2.05) is 0 Å². The SMILES string of the molecule is O=C(O)C1CCCCN1C(=O)C1CC1c1ccc(C(F)(F)F)cc1. The minimum absolute atomic E-state index is 0.115. The number of nitrogens with zero attached hydrogens (tertiary/aromatic N) is 1. The molecule has 130 valence electrons. The molecule has 0 bridgehead atoms. The predicted molar refractivity (Wildman–Crippen MR) is 79.3 cm³/mol. The van der Waals surface area contributed by atoms with Gasteiger partial charge in [0, 0.05) is 12.5 Å². The number of aliphatic carboxylic acids is 1. The lowest BCUT2D eigenvalue weighted by Crippen LogP contribution is -2.48. The molecule has 2 fully saturated rings. The number of rotatable bonds is 3. The minimum Gasteiger partial charge on any atom is -0.480 e. The molecule has 1 saturated carbocycles. The molecule has 1 saturated heterocycles. The molecule has 1 aliphatic heterocycles. The Morgan fingerprint density at radius 2 is 1.79 bits per heavy atom. The first-order chi connectivity index (χ1) is 11.3. The highest BCUT2D eigenvalue weighted by Gasteiger charge is 2.48. The number of carboxylic acid groups (broad SMARTS) is 1. The molecule has 0 aromatic heterocycles. The van der Waals surface area contributed by atoms with Crippen LogP contribution < -0.4 is 0 Å². The maximum absolute atomic E-state index is 12.6. The van der Waals surface area contributed by atoms with Crippen LogP contribution in [-0.4, -0.2) is 34.5 Å². The molecular weight excluding hydrogens is 323 g/mol. The molecule has 4 nitrogen and oxygen atoms in total. The van der Waals surface area contributed by atoms with Crippen molar-refractivity contribution in [2.75, 3.05) is 6.54 Å². The minimum atomic E-state index is -4.38. The first kappa shape index (κ1) is 16.8. The van der Waals surface area contributed by atoms with Crippen LogP contribution in [0.25, 0.3) is 0 Å². The number of hydrogen-bond donors (Lipinski definition) is 1. The summed E-state index contributed by atoms with van der Waals surface area (Å²) in [6, 6.07) is 4.09. The van der Waals surface area contributed by atoms with Crippen molar-refractivity contribution >= 4 is 11.9 Å². The van der Waals surface area contributed by atoms with Crippen LogP contribution in [0, 0.1) is 5.92 Å². The first-order valence-corrected chi connectivity index (χ1v) is 7.99. The summed E-state index contributed by atoms with van der Waals surface area (Å²) in [5, 5.41) is 9.25. The van der Waals surface area contributed by atoms with E-state index < -0.39 is 23.8 Å². The second-order valence-corrected chi connectivity index (χ2v) is 6.45. The summed E-state index contributed by atoms with van der Waals surface area (Å²) in [6.07, 6.45) is -1.79. The number of carbonyl (C=O) groups excluding carboxylic acids is 1. The molecule has 1 N–H and O–H groups in total. The predicted octanol–water partition coefficient (Wildman–Crippen LogP) is 3.27. The lowest BCUT2D eigenvalue weighted by Gasteiger charge is -2.33. The Balaban J connectivity index is 1.68. The van der Waals surface area contributed by atoms with Crippen LogP contribution >= 0.6 is 0 Å². The molecule has 1 amide bonds. The lowest BCUT2D eigenvalue weighted by atomic mass is 10.0. The van der Waals surface area contributed by atoms with Crippen LogP contribution in [-0.2, 0) is 15.8 Å². The van der Waals surface area contributed by atoms with Crippen molar-refractivity contribution in [1.82, 2.24) is 4.90 Å². The molecule has 1 heterocycles. The third-order valence-electron chi connectivity index (χ3n) is 4.84. The van der Waals surface area contributed by atoms with Crippen molar-refractivity contribution in [3.63, 3.8) is 0 Å². The van der Waals surface area contributed by atoms with Crippen molar-refractivity contribution in [1.29, 1.82) is 0 Å². The Hall–Kier alpha value is -2.05. The van der Waals surface area contributed by atoms with Gasteiger partial charge >= 0.3 is 12.1 Å². The van der Waals surface area contributed by atoms with Gasteiger partial charge in [0.15, 0.2) is 0 Å². The Bertz CT molecular complexity index is 641. The number of piperidine rings is 1. The van der Waals surface area contributed by atoms with Gasteiger partial charge in [-0.15, -0.1) is 0 Å². The maximum Gasteiger partial charge on any atom is 0.416 e. The Morgan fingerprint density at radius 3 is 2.38 bits per heavy atom. The van der Waals surface area contributed by atoms with Gasteiger partial charge in [0.05, 0.1) is 5.56 Å². The summed E-state index contributed by atoms with van der Waals surface area (Å²) in [5.41, 5.74) is -0.0121. The van der Waals surface area contributed by atoms with E-state index in [0.717, 1.165) is 25.0 Å². The van der Waals surface area contributed by atoms with Crippen LogP contribution in [0.3, 0.4) is 0 Å². The molecule has 1 aromatic rings. The fourth-order valence-electron chi connectivity index (χ4n) is 3.42. The van der Waals surface area contributed by atoms with Gasteiger partial charge in [-0.1, -0.05) is 12.1 Å². The van der Waals surface area contributed by atoms with E-state index in [2.05, 4.69) is 0 Å². The Kier molecular flexibility index (Phi) is 4.27. The van der Waals surface area contributed by atoms with Crippen LogP contribution in [0.2, 0.25) is 0 Å². The number of alkyl halides is 3. The number of carbonyl (C=O) groups is 2. The average Bonchev–Trinajstić information content (AvgIpc) is 3.34. The molecule has 7 heteroatoms. The van der Waals surface area contributed by atoms with Crippen molar-refractivity contribution in [3.05, 3.63) is 35.4 Å². The lowest BCUT2D eigenvalue weighted by molar-refractivity contribution is -0.152. The second-order valence-electron chi connectivity index (χ2n) is 6.45. The number of hydrogen-bond acceptors (Lipinski definition) is 2. The number of amides is 1. The molecular formula is C17H18F3NO3. The molecule has 2 aliphatic rings. The summed E-state index contributed by atoms with van der Waals surface area (Å²) in [4.78, 5) is 25.3. The van der Waals surface area contributed by atoms with Crippen molar-refractivity contribution < 1.29 is 27.9 Å². The van der Waals surface area contributed by atoms with E-state index in [0.29, 0.717) is 24.9 Å². The van der Waals surface area contributed by atoms with E-state index in [-0.39, 0.29) is 17.7 Å². The third-order valence-corrected chi connectivity index (χ3v) is 4.84. The van der Waals surface area contributed by atoms with E-state index in [1.54, 1.807) is 0 Å². The standard InChI is InChI=1S/C17H18F3NO3/c18-17(19,20)11-6-4-10(5-7-11)12-9-13(12)15(22)21-8-2-1-3-14(21)16(23)24/h4-7,12-14H,1-3,8-9H2,(H,23,24). The molecule has 1 aliphatic carbocycles. The largest absolute Gasteiger partial charge is 0.480 e. The zero-order valence-corrected chi connectivity index (χ0v) is 12.9. The van der Waals surface area contributed by atoms with E-state index >= 15 is 0 Å². The number of carboxylic acids is 1. The van der Waals surface area contributed by atoms with E-state index in [9.17, 15) is 27.9 Å². The summed E-state index contributed by atoms with van der Waals surface area (Å²) in [7, 11) is 0. The van der Waals surface area contributed by atoms with Gasteiger partial charge in [-0.3, -0.25) is 4.79 Å². The zero-order valence-electron chi connectivity index (χ0n) is 12.9. The average molecular weight is 341 g/mol. The zero-order chi connectivity index (χ0) is 17.5. The molecule has 0 spiro atoms. The Labute approximate surface area is 137 Å². The maximum atomic E-state index is 12.6. The molecule has 3 unspecified atom stereocenters. The summed E-state index contributed by atoms with van der Waals surface area (Å²) >= 11 is 0. The van der Waals surface area contributed by atoms with Crippen LogP contribution in [0.15, 0.2) is 24.3 Å². The van der Waals surface area contributed by atoms with Crippen LogP contribution in [0.5, 0.6) is 0 Å². The first-order valence-electron chi connectivity index (χ1n) is 7.99. The van der Waals surface area contributed by atoms with E-state index in [1.165, 1.54) is 17.0 Å². The molecule has 3 atom stereocenters. The van der Waals surface area contributed by atoms with Crippen molar-refractivity contribution in [2.45, 2.75) is 43.8 Å². The van der Waals surface area contributed by atoms with Crippen molar-refractivity contribution in [3.8, 4) is 0 Å². The van der Waals surface area contributed by atoms with Gasteiger partial charge in [-0.2, -0.15) is 13.2 Å². The van der Waals surface area contributed by atoms with Gasteiger partial charge in [-0.25, -0.2) is 4.79 Å². The Morgan fingerprint density at radius 1 is 1.12 bits per heavy atom. The van der Waals surface area contributed by atoms with Gasteiger partial charge in [0.1, 0.15) is 6.04 Å². The highest BCUT2D eigenvalue weighted by Crippen LogP contribution is 2.49. The summed E-state index contributed by atoms with van der Waals surface area (Å²) in [5.74, 6) is -1.61. The van der Waals surface area contributed by atoms with Crippen LogP contribution in [0.4, 0.5) is 13.2 Å². The quantitative estimate of drug-likeness (QED) is 0.918. The molecule has 0 radical (unpaired) electrons. The molecule has 1 aromatic carbocycles. The highest BCUT2D eigenvalue weighted by molar-refractivity contribution is 5.87. The number of likely N-dealkylation sites (tertiary alicyclic amines) is 1. The molecule has 3 rings (SSSR count). The smallest absolute Gasteiger partial charge is 0.416 e. The van der Waals surface area contributed by atoms with E-state index in [4.69, 9.17) is 0 Å². The fourth-order valence-corrected chi connectivity index (χ4v) is 3.42. The molecule has 24 heavy (non-hydrogen) atoms. The topological polar surface area (TPSA) is 57.6 Å². The van der Waals surface area contributed by atoms with Gasteiger partial charge < -0.3 is 10.0 Å². The van der Waals surface area contributed by atoms with Gasteiger partial charge in [0.2, 0.25) is 5.91 Å².